The molecule has 0 saturated heterocycles. The molecule has 0 aromatic heterocycles. The zero-order valence-corrected chi connectivity index (χ0v) is 15.0. The van der Waals surface area contributed by atoms with Crippen LogP contribution in [0.2, 0.25) is 0 Å². The number of rotatable bonds is 12. The van der Waals surface area contributed by atoms with Crippen LogP contribution >= 0.6 is 0 Å². The van der Waals surface area contributed by atoms with Gasteiger partial charge in [-0.2, -0.15) is 0 Å². The first-order chi connectivity index (χ1) is 12.3. The molecule has 0 atom stereocenters. The van der Waals surface area contributed by atoms with Crippen molar-refractivity contribution >= 4 is 16.7 Å². The van der Waals surface area contributed by atoms with Crippen LogP contribution in [0.1, 0.15) is 43.0 Å². The van der Waals surface area contributed by atoms with Crippen molar-refractivity contribution in [3.05, 3.63) is 48.0 Å². The standard InChI is InChI=1S/C21H28O4/c1-2-3-4-7-13-23-14-15-24-16-17-25-21(22)20-12-8-10-18-9-5-6-11-19(18)20/h5-6,8-12H,2-4,7,13-17H2,1H3. The molecule has 2 aromatic carbocycles. The van der Waals surface area contributed by atoms with Gasteiger partial charge >= 0.3 is 5.97 Å². The van der Waals surface area contributed by atoms with Gasteiger partial charge in [0.1, 0.15) is 6.61 Å². The number of fused-ring (bicyclic) bond motifs is 1. The molecule has 0 saturated carbocycles. The van der Waals surface area contributed by atoms with Crippen molar-refractivity contribution in [1.29, 1.82) is 0 Å². The van der Waals surface area contributed by atoms with E-state index in [-0.39, 0.29) is 12.6 Å². The molecule has 2 rings (SSSR count). The van der Waals surface area contributed by atoms with E-state index in [0.29, 0.717) is 25.4 Å². The molecular formula is C21H28O4. The summed E-state index contributed by atoms with van der Waals surface area (Å²) in [5.41, 5.74) is 0.591. The second-order valence-electron chi connectivity index (χ2n) is 5.95. The van der Waals surface area contributed by atoms with E-state index < -0.39 is 0 Å². The zero-order valence-electron chi connectivity index (χ0n) is 15.0. The highest BCUT2D eigenvalue weighted by molar-refractivity contribution is 6.04. The molecule has 0 unspecified atom stereocenters. The van der Waals surface area contributed by atoms with Crippen LogP contribution in [-0.4, -0.2) is 39.0 Å². The van der Waals surface area contributed by atoms with Gasteiger partial charge in [0.15, 0.2) is 0 Å². The minimum absolute atomic E-state index is 0.249. The summed E-state index contributed by atoms with van der Waals surface area (Å²) in [7, 11) is 0. The summed E-state index contributed by atoms with van der Waals surface area (Å²) in [5.74, 6) is -0.312. The number of benzene rings is 2. The van der Waals surface area contributed by atoms with Crippen LogP contribution in [0.15, 0.2) is 42.5 Å². The smallest absolute Gasteiger partial charge is 0.338 e. The summed E-state index contributed by atoms with van der Waals surface area (Å²) in [4.78, 5) is 12.2. The molecule has 0 heterocycles. The molecule has 0 spiro atoms. The van der Waals surface area contributed by atoms with E-state index in [4.69, 9.17) is 14.2 Å². The summed E-state index contributed by atoms with van der Waals surface area (Å²) in [6.07, 6.45) is 4.83. The lowest BCUT2D eigenvalue weighted by molar-refractivity contribution is 0.0143. The third-order valence-electron chi connectivity index (χ3n) is 3.98. The molecule has 4 heteroatoms. The molecule has 2 aromatic rings. The SMILES string of the molecule is CCCCCCOCCOCCOC(=O)c1cccc2ccccc12. The summed E-state index contributed by atoms with van der Waals surface area (Å²) >= 11 is 0. The first-order valence-corrected chi connectivity index (χ1v) is 9.13. The molecule has 0 amide bonds. The average molecular weight is 344 g/mol. The van der Waals surface area contributed by atoms with Gasteiger partial charge in [-0.15, -0.1) is 0 Å². The lowest BCUT2D eigenvalue weighted by Crippen LogP contribution is -2.13. The molecule has 0 bridgehead atoms. The van der Waals surface area contributed by atoms with Crippen LogP contribution in [0.25, 0.3) is 10.8 Å². The van der Waals surface area contributed by atoms with Crippen LogP contribution < -0.4 is 0 Å². The zero-order chi connectivity index (χ0) is 17.7. The maximum absolute atomic E-state index is 12.2. The predicted molar refractivity (Wildman–Crippen MR) is 100 cm³/mol. The summed E-state index contributed by atoms with van der Waals surface area (Å²) in [6, 6.07) is 13.4. The van der Waals surface area contributed by atoms with E-state index in [1.54, 1.807) is 6.07 Å². The van der Waals surface area contributed by atoms with Crippen molar-refractivity contribution < 1.29 is 19.0 Å². The van der Waals surface area contributed by atoms with Crippen molar-refractivity contribution in [3.63, 3.8) is 0 Å². The predicted octanol–water partition coefficient (Wildman–Crippen LogP) is 4.61. The number of unbranched alkanes of at least 4 members (excludes halogenated alkanes) is 3. The normalized spacial score (nSPS) is 10.9. The number of hydrogen-bond acceptors (Lipinski definition) is 4. The molecular weight excluding hydrogens is 316 g/mol. The van der Waals surface area contributed by atoms with Gasteiger partial charge in [-0.25, -0.2) is 4.79 Å². The Balaban J connectivity index is 1.58. The van der Waals surface area contributed by atoms with Gasteiger partial charge in [0.25, 0.3) is 0 Å². The maximum atomic E-state index is 12.2. The Labute approximate surface area is 150 Å². The molecule has 0 N–H and O–H groups in total. The van der Waals surface area contributed by atoms with Crippen molar-refractivity contribution in [3.8, 4) is 0 Å². The number of ether oxygens (including phenoxy) is 3. The molecule has 0 aliphatic heterocycles. The van der Waals surface area contributed by atoms with Gasteiger partial charge in [0.05, 0.1) is 25.4 Å². The van der Waals surface area contributed by atoms with Crippen molar-refractivity contribution in [2.45, 2.75) is 32.6 Å². The van der Waals surface area contributed by atoms with Gasteiger partial charge in [-0.3, -0.25) is 0 Å². The van der Waals surface area contributed by atoms with Gasteiger partial charge in [0, 0.05) is 6.61 Å². The van der Waals surface area contributed by atoms with Gasteiger partial charge < -0.3 is 14.2 Å². The fourth-order valence-corrected chi connectivity index (χ4v) is 2.63. The molecule has 136 valence electrons. The van der Waals surface area contributed by atoms with E-state index in [2.05, 4.69) is 6.92 Å². The van der Waals surface area contributed by atoms with Gasteiger partial charge in [-0.1, -0.05) is 62.6 Å². The number of carbonyl (C=O) groups is 1. The lowest BCUT2D eigenvalue weighted by atomic mass is 10.1. The van der Waals surface area contributed by atoms with Crippen LogP contribution in [0.5, 0.6) is 0 Å². The van der Waals surface area contributed by atoms with Crippen LogP contribution in [0.3, 0.4) is 0 Å². The molecule has 4 nitrogen and oxygen atoms in total. The second-order valence-corrected chi connectivity index (χ2v) is 5.95. The molecule has 0 aliphatic rings. The van der Waals surface area contributed by atoms with Crippen molar-refractivity contribution in [1.82, 2.24) is 0 Å². The Kier molecular flexibility index (Phi) is 9.02. The molecule has 0 fully saturated rings. The van der Waals surface area contributed by atoms with E-state index in [1.807, 2.05) is 36.4 Å². The first kappa shape index (κ1) is 19.4. The van der Waals surface area contributed by atoms with Gasteiger partial charge in [0.2, 0.25) is 0 Å². The lowest BCUT2D eigenvalue weighted by Gasteiger charge is -2.08. The fraction of sp³-hybridized carbons (Fsp3) is 0.476. The van der Waals surface area contributed by atoms with E-state index in [1.165, 1.54) is 19.3 Å². The Morgan fingerprint density at radius 3 is 2.36 bits per heavy atom. The largest absolute Gasteiger partial charge is 0.460 e. The molecule has 0 radical (unpaired) electrons. The van der Waals surface area contributed by atoms with E-state index >= 15 is 0 Å². The monoisotopic (exact) mass is 344 g/mol. The van der Waals surface area contributed by atoms with Crippen molar-refractivity contribution in [2.24, 2.45) is 0 Å². The summed E-state index contributed by atoms with van der Waals surface area (Å²) < 4.78 is 16.2. The topological polar surface area (TPSA) is 44.8 Å². The highest BCUT2D eigenvalue weighted by Crippen LogP contribution is 2.19. The minimum atomic E-state index is -0.312. The highest BCUT2D eigenvalue weighted by atomic mass is 16.6. The van der Waals surface area contributed by atoms with Gasteiger partial charge in [-0.05, 0) is 23.3 Å². The summed E-state index contributed by atoms with van der Waals surface area (Å²) in [6.45, 7) is 4.73. The van der Waals surface area contributed by atoms with Crippen molar-refractivity contribution in [2.75, 3.05) is 33.0 Å². The van der Waals surface area contributed by atoms with Crippen LogP contribution in [-0.2, 0) is 14.2 Å². The van der Waals surface area contributed by atoms with Crippen LogP contribution in [0, 0.1) is 0 Å². The van der Waals surface area contributed by atoms with E-state index in [9.17, 15) is 4.79 Å². The highest BCUT2D eigenvalue weighted by Gasteiger charge is 2.10. The number of hydrogen-bond donors (Lipinski definition) is 0. The Bertz CT molecular complexity index is 633. The maximum Gasteiger partial charge on any atom is 0.338 e. The number of carbonyl (C=O) groups excluding carboxylic acids is 1. The Morgan fingerprint density at radius 1 is 0.800 bits per heavy atom. The molecule has 25 heavy (non-hydrogen) atoms. The van der Waals surface area contributed by atoms with E-state index in [0.717, 1.165) is 23.8 Å². The summed E-state index contributed by atoms with van der Waals surface area (Å²) in [5, 5.41) is 1.94. The third kappa shape index (κ3) is 6.85. The second kappa shape index (κ2) is 11.6. The third-order valence-corrected chi connectivity index (χ3v) is 3.98. The first-order valence-electron chi connectivity index (χ1n) is 9.13. The van der Waals surface area contributed by atoms with Crippen LogP contribution in [0.4, 0.5) is 0 Å². The Morgan fingerprint density at radius 2 is 1.52 bits per heavy atom. The average Bonchev–Trinajstić information content (AvgIpc) is 2.65. The quantitative estimate of drug-likeness (QED) is 0.417. The Hall–Kier alpha value is -1.91. The molecule has 0 aliphatic carbocycles. The minimum Gasteiger partial charge on any atom is -0.460 e. The fourth-order valence-electron chi connectivity index (χ4n) is 2.63. The number of esters is 1.